The molecule has 1 atom stereocenters. The predicted molar refractivity (Wildman–Crippen MR) is 99.2 cm³/mol. The highest BCUT2D eigenvalue weighted by molar-refractivity contribution is 5.94. The highest BCUT2D eigenvalue weighted by Crippen LogP contribution is 2.36. The molecule has 2 aromatic heterocycles. The summed E-state index contributed by atoms with van der Waals surface area (Å²) < 4.78 is 10.7. The standard InChI is InChI=1S/C20H15N5O2/c21-9-12-1-3-15-17(5-6-26-19(15)7-12)23-14-2-4-18-16(8-14)20(25-24-18)13-10-22-27-11-13/h1-4,7-8,10-11,17,23H,5-6H2,(H,24,25)/t17-/m0/s1. The summed E-state index contributed by atoms with van der Waals surface area (Å²) in [5.74, 6) is 0.771. The van der Waals surface area contributed by atoms with E-state index in [2.05, 4.69) is 32.8 Å². The fraction of sp³-hybridized carbons (Fsp3) is 0.150. The second-order valence-electron chi connectivity index (χ2n) is 6.44. The van der Waals surface area contributed by atoms with Crippen molar-refractivity contribution in [2.75, 3.05) is 11.9 Å². The maximum Gasteiger partial charge on any atom is 0.133 e. The summed E-state index contributed by atoms with van der Waals surface area (Å²) in [5.41, 5.74) is 5.24. The largest absolute Gasteiger partial charge is 0.493 e. The minimum Gasteiger partial charge on any atom is -0.493 e. The van der Waals surface area contributed by atoms with E-state index in [1.807, 2.05) is 24.3 Å². The van der Waals surface area contributed by atoms with Gasteiger partial charge in [-0.2, -0.15) is 10.4 Å². The van der Waals surface area contributed by atoms with Crippen molar-refractivity contribution in [1.29, 1.82) is 5.26 Å². The van der Waals surface area contributed by atoms with Crippen LogP contribution in [0.15, 0.2) is 53.4 Å². The number of hydrogen-bond donors (Lipinski definition) is 2. The van der Waals surface area contributed by atoms with Crippen LogP contribution in [-0.4, -0.2) is 22.0 Å². The number of fused-ring (bicyclic) bond motifs is 2. The maximum atomic E-state index is 9.08. The molecule has 0 unspecified atom stereocenters. The Morgan fingerprint density at radius 3 is 3.04 bits per heavy atom. The van der Waals surface area contributed by atoms with E-state index in [4.69, 9.17) is 14.5 Å². The molecule has 2 N–H and O–H groups in total. The monoisotopic (exact) mass is 357 g/mol. The lowest BCUT2D eigenvalue weighted by Gasteiger charge is -2.27. The lowest BCUT2D eigenvalue weighted by Crippen LogP contribution is -2.20. The molecule has 7 nitrogen and oxygen atoms in total. The Morgan fingerprint density at radius 1 is 1.22 bits per heavy atom. The minimum atomic E-state index is 0.116. The molecule has 0 aliphatic carbocycles. The van der Waals surface area contributed by atoms with Gasteiger partial charge in [0.1, 0.15) is 17.7 Å². The third kappa shape index (κ3) is 2.68. The maximum absolute atomic E-state index is 9.08. The number of hydrogen-bond acceptors (Lipinski definition) is 6. The highest BCUT2D eigenvalue weighted by Gasteiger charge is 2.22. The van der Waals surface area contributed by atoms with E-state index < -0.39 is 0 Å². The van der Waals surface area contributed by atoms with Crippen LogP contribution < -0.4 is 10.1 Å². The van der Waals surface area contributed by atoms with Gasteiger partial charge in [-0.1, -0.05) is 11.2 Å². The fourth-order valence-electron chi connectivity index (χ4n) is 3.46. The fourth-order valence-corrected chi connectivity index (χ4v) is 3.46. The Balaban J connectivity index is 1.49. The molecule has 1 aliphatic heterocycles. The van der Waals surface area contributed by atoms with Gasteiger partial charge in [-0.25, -0.2) is 0 Å². The number of rotatable bonds is 3. The SMILES string of the molecule is N#Cc1ccc2c(c1)OCC[C@@H]2Nc1ccc2[nH]nc(-c3cnoc3)c2c1. The molecule has 27 heavy (non-hydrogen) atoms. The zero-order valence-electron chi connectivity index (χ0n) is 14.3. The van der Waals surface area contributed by atoms with Crippen molar-refractivity contribution in [2.45, 2.75) is 12.5 Å². The van der Waals surface area contributed by atoms with Gasteiger partial charge in [-0.3, -0.25) is 5.10 Å². The number of nitrogens with zero attached hydrogens (tertiary/aromatic N) is 3. The van der Waals surface area contributed by atoms with Crippen LogP contribution in [-0.2, 0) is 0 Å². The molecule has 2 aromatic carbocycles. The molecule has 132 valence electrons. The van der Waals surface area contributed by atoms with Gasteiger partial charge in [0.05, 0.1) is 41.6 Å². The van der Waals surface area contributed by atoms with Crippen LogP contribution in [0.4, 0.5) is 5.69 Å². The van der Waals surface area contributed by atoms with E-state index in [1.54, 1.807) is 18.5 Å². The van der Waals surface area contributed by atoms with E-state index in [1.165, 1.54) is 0 Å². The van der Waals surface area contributed by atoms with Crippen molar-refractivity contribution in [1.82, 2.24) is 15.4 Å². The van der Waals surface area contributed by atoms with Gasteiger partial charge < -0.3 is 14.6 Å². The third-order valence-electron chi connectivity index (χ3n) is 4.79. The Kier molecular flexibility index (Phi) is 3.54. The van der Waals surface area contributed by atoms with E-state index in [9.17, 15) is 0 Å². The first kappa shape index (κ1) is 15.5. The number of nitriles is 1. The Labute approximate surface area is 154 Å². The van der Waals surface area contributed by atoms with Crippen molar-refractivity contribution in [2.24, 2.45) is 0 Å². The summed E-state index contributed by atoms with van der Waals surface area (Å²) in [5, 5.41) is 24.8. The summed E-state index contributed by atoms with van der Waals surface area (Å²) in [4.78, 5) is 0. The molecule has 0 amide bonds. The molecule has 1 aliphatic rings. The average molecular weight is 357 g/mol. The molecule has 0 fully saturated rings. The smallest absolute Gasteiger partial charge is 0.133 e. The lowest BCUT2D eigenvalue weighted by atomic mass is 9.98. The van der Waals surface area contributed by atoms with Crippen molar-refractivity contribution in [3.05, 3.63) is 60.0 Å². The van der Waals surface area contributed by atoms with Crippen LogP contribution in [0.3, 0.4) is 0 Å². The predicted octanol–water partition coefficient (Wildman–Crippen LogP) is 4.03. The number of nitrogens with one attached hydrogen (secondary N) is 2. The molecule has 0 saturated heterocycles. The summed E-state index contributed by atoms with van der Waals surface area (Å²) in [6.45, 7) is 0.611. The molecule has 0 bridgehead atoms. The van der Waals surface area contributed by atoms with Crippen molar-refractivity contribution < 1.29 is 9.26 Å². The first-order valence-corrected chi connectivity index (χ1v) is 8.63. The van der Waals surface area contributed by atoms with Crippen molar-refractivity contribution in [3.8, 4) is 23.1 Å². The lowest BCUT2D eigenvalue weighted by molar-refractivity contribution is 0.274. The van der Waals surface area contributed by atoms with E-state index in [-0.39, 0.29) is 6.04 Å². The quantitative estimate of drug-likeness (QED) is 0.574. The van der Waals surface area contributed by atoms with Gasteiger partial charge in [-0.05, 0) is 30.3 Å². The average Bonchev–Trinajstić information content (AvgIpc) is 3.37. The van der Waals surface area contributed by atoms with Crippen LogP contribution in [0.2, 0.25) is 0 Å². The summed E-state index contributed by atoms with van der Waals surface area (Å²) in [6, 6.07) is 13.9. The first-order chi connectivity index (χ1) is 13.3. The zero-order chi connectivity index (χ0) is 18.2. The van der Waals surface area contributed by atoms with Crippen LogP contribution in [0.5, 0.6) is 5.75 Å². The van der Waals surface area contributed by atoms with Gasteiger partial charge in [-0.15, -0.1) is 0 Å². The number of aromatic amines is 1. The van der Waals surface area contributed by atoms with E-state index in [0.29, 0.717) is 12.2 Å². The summed E-state index contributed by atoms with van der Waals surface area (Å²) >= 11 is 0. The molecular formula is C20H15N5O2. The van der Waals surface area contributed by atoms with E-state index in [0.717, 1.165) is 45.6 Å². The number of benzene rings is 2. The van der Waals surface area contributed by atoms with Crippen molar-refractivity contribution >= 4 is 16.6 Å². The second kappa shape index (κ2) is 6.18. The minimum absolute atomic E-state index is 0.116. The van der Waals surface area contributed by atoms with Gasteiger partial charge in [0.2, 0.25) is 0 Å². The second-order valence-corrected chi connectivity index (χ2v) is 6.44. The van der Waals surface area contributed by atoms with Crippen LogP contribution in [0.25, 0.3) is 22.2 Å². The topological polar surface area (TPSA) is 99.8 Å². The first-order valence-electron chi connectivity index (χ1n) is 8.63. The van der Waals surface area contributed by atoms with Gasteiger partial charge in [0.25, 0.3) is 0 Å². The Morgan fingerprint density at radius 2 is 2.19 bits per heavy atom. The van der Waals surface area contributed by atoms with E-state index >= 15 is 0 Å². The number of anilines is 1. The Bertz CT molecular complexity index is 1160. The summed E-state index contributed by atoms with van der Waals surface area (Å²) in [7, 11) is 0. The van der Waals surface area contributed by atoms with Crippen molar-refractivity contribution in [3.63, 3.8) is 0 Å². The van der Waals surface area contributed by atoms with Gasteiger partial charge in [0, 0.05) is 23.1 Å². The van der Waals surface area contributed by atoms with Crippen LogP contribution >= 0.6 is 0 Å². The van der Waals surface area contributed by atoms with Crippen LogP contribution in [0.1, 0.15) is 23.6 Å². The molecular weight excluding hydrogens is 342 g/mol. The van der Waals surface area contributed by atoms with Gasteiger partial charge >= 0.3 is 0 Å². The molecule has 4 aromatic rings. The zero-order valence-corrected chi connectivity index (χ0v) is 14.3. The molecule has 3 heterocycles. The number of aromatic nitrogens is 3. The molecule has 0 saturated carbocycles. The molecule has 0 spiro atoms. The summed E-state index contributed by atoms with van der Waals surface area (Å²) in [6.07, 6.45) is 4.08. The van der Waals surface area contributed by atoms with Gasteiger partial charge in [0.15, 0.2) is 0 Å². The van der Waals surface area contributed by atoms with Crippen LogP contribution in [0, 0.1) is 11.3 Å². The number of ether oxygens (including phenoxy) is 1. The Hall–Kier alpha value is -3.79. The molecule has 7 heteroatoms. The third-order valence-corrected chi connectivity index (χ3v) is 4.79. The normalized spacial score (nSPS) is 15.7. The number of H-pyrrole nitrogens is 1. The molecule has 0 radical (unpaired) electrons. The highest BCUT2D eigenvalue weighted by atomic mass is 16.5. The molecule has 5 rings (SSSR count).